The van der Waals surface area contributed by atoms with Crippen LogP contribution >= 0.6 is 0 Å². The molecule has 12 heavy (non-hydrogen) atoms. The zero-order valence-electron chi connectivity index (χ0n) is 7.42. The number of anilines is 1. The Morgan fingerprint density at radius 3 is 2.75 bits per heavy atom. The van der Waals surface area contributed by atoms with Gasteiger partial charge in [0.25, 0.3) is 0 Å². The molecule has 0 unspecified atom stereocenters. The second-order valence-corrected chi connectivity index (χ2v) is 2.33. The van der Waals surface area contributed by atoms with Crippen molar-refractivity contribution < 1.29 is 4.84 Å². The van der Waals surface area contributed by atoms with Gasteiger partial charge in [-0.25, -0.2) is 0 Å². The van der Waals surface area contributed by atoms with Crippen molar-refractivity contribution in [3.8, 4) is 5.75 Å². The summed E-state index contributed by atoms with van der Waals surface area (Å²) in [5.74, 6) is 0.821. The van der Waals surface area contributed by atoms with E-state index in [1.807, 2.05) is 24.3 Å². The Labute approximate surface area is 72.7 Å². The Bertz CT molecular complexity index is 213. The Morgan fingerprint density at radius 1 is 1.33 bits per heavy atom. The first-order valence-corrected chi connectivity index (χ1v) is 4.05. The molecule has 1 aromatic carbocycles. The third-order valence-corrected chi connectivity index (χ3v) is 1.47. The molecule has 66 valence electrons. The van der Waals surface area contributed by atoms with Crippen LogP contribution in [0.3, 0.4) is 0 Å². The van der Waals surface area contributed by atoms with E-state index in [-0.39, 0.29) is 0 Å². The molecule has 0 amide bonds. The van der Waals surface area contributed by atoms with E-state index < -0.39 is 0 Å². The quantitative estimate of drug-likeness (QED) is 0.667. The zero-order chi connectivity index (χ0) is 8.81. The number of hydrogen-bond donors (Lipinski definition) is 2. The van der Waals surface area contributed by atoms with Gasteiger partial charge in [0.2, 0.25) is 0 Å². The molecule has 0 spiro atoms. The van der Waals surface area contributed by atoms with Crippen molar-refractivity contribution in [3.63, 3.8) is 0 Å². The number of benzene rings is 1. The van der Waals surface area contributed by atoms with E-state index in [0.29, 0.717) is 0 Å². The van der Waals surface area contributed by atoms with Crippen molar-refractivity contribution in [2.24, 2.45) is 0 Å². The molecule has 0 radical (unpaired) electrons. The van der Waals surface area contributed by atoms with Gasteiger partial charge in [-0.1, -0.05) is 12.1 Å². The smallest absolute Gasteiger partial charge is 0.170 e. The van der Waals surface area contributed by atoms with Gasteiger partial charge in [-0.05, 0) is 19.1 Å². The highest BCUT2D eigenvalue weighted by molar-refractivity contribution is 5.55. The van der Waals surface area contributed by atoms with Crippen LogP contribution in [0.25, 0.3) is 0 Å². The van der Waals surface area contributed by atoms with Crippen molar-refractivity contribution in [1.82, 2.24) is 5.48 Å². The van der Waals surface area contributed by atoms with Crippen molar-refractivity contribution in [2.45, 2.75) is 6.92 Å². The van der Waals surface area contributed by atoms with Crippen LogP contribution in [0.15, 0.2) is 24.3 Å². The van der Waals surface area contributed by atoms with Gasteiger partial charge in [-0.15, -0.1) is 0 Å². The van der Waals surface area contributed by atoms with E-state index in [0.717, 1.165) is 18.0 Å². The molecule has 0 aliphatic heterocycles. The molecule has 0 heterocycles. The number of hydrogen-bond acceptors (Lipinski definition) is 3. The lowest BCUT2D eigenvalue weighted by atomic mass is 10.3. The summed E-state index contributed by atoms with van der Waals surface area (Å²) in [7, 11) is 1.74. The van der Waals surface area contributed by atoms with Crippen LogP contribution in [0.1, 0.15) is 6.92 Å². The first-order valence-electron chi connectivity index (χ1n) is 4.05. The van der Waals surface area contributed by atoms with Gasteiger partial charge in [0.15, 0.2) is 5.75 Å². The predicted octanol–water partition coefficient (Wildman–Crippen LogP) is 1.63. The lowest BCUT2D eigenvalue weighted by Gasteiger charge is -2.09. The van der Waals surface area contributed by atoms with Crippen LogP contribution in [0, 0.1) is 0 Å². The Balaban J connectivity index is 2.77. The summed E-state index contributed by atoms with van der Waals surface area (Å²) < 4.78 is 0. The van der Waals surface area contributed by atoms with Crippen molar-refractivity contribution in [3.05, 3.63) is 24.3 Å². The third-order valence-electron chi connectivity index (χ3n) is 1.47. The summed E-state index contributed by atoms with van der Waals surface area (Å²) in [5.41, 5.74) is 3.65. The summed E-state index contributed by atoms with van der Waals surface area (Å²) >= 11 is 0. The molecule has 3 nitrogen and oxygen atoms in total. The molecule has 0 atom stereocenters. The molecule has 2 N–H and O–H groups in total. The minimum absolute atomic E-state index is 0.821. The topological polar surface area (TPSA) is 33.3 Å². The minimum atomic E-state index is 0.821. The van der Waals surface area contributed by atoms with E-state index in [2.05, 4.69) is 17.7 Å². The molecule has 0 aliphatic carbocycles. The molecule has 1 aromatic rings. The molecule has 0 fully saturated rings. The first-order chi connectivity index (χ1) is 5.88. The fraction of sp³-hybridized carbons (Fsp3) is 0.333. The fourth-order valence-electron chi connectivity index (χ4n) is 1.00. The number of hydroxylamine groups is 1. The zero-order valence-corrected chi connectivity index (χ0v) is 7.42. The van der Waals surface area contributed by atoms with Gasteiger partial charge in [0, 0.05) is 13.6 Å². The first kappa shape index (κ1) is 8.87. The van der Waals surface area contributed by atoms with E-state index in [9.17, 15) is 0 Å². The summed E-state index contributed by atoms with van der Waals surface area (Å²) in [5, 5.41) is 3.20. The highest BCUT2D eigenvalue weighted by atomic mass is 16.6. The second kappa shape index (κ2) is 4.62. The van der Waals surface area contributed by atoms with Gasteiger partial charge in [-0.2, -0.15) is 5.48 Å². The molecule has 0 saturated carbocycles. The van der Waals surface area contributed by atoms with Crippen LogP contribution in [-0.2, 0) is 0 Å². The van der Waals surface area contributed by atoms with Crippen LogP contribution in [0.4, 0.5) is 5.69 Å². The van der Waals surface area contributed by atoms with E-state index in [1.165, 1.54) is 0 Å². The lowest BCUT2D eigenvalue weighted by molar-refractivity contribution is 0.225. The third kappa shape index (κ3) is 2.13. The Kier molecular flexibility index (Phi) is 3.41. The van der Waals surface area contributed by atoms with Gasteiger partial charge >= 0.3 is 0 Å². The van der Waals surface area contributed by atoms with E-state index in [1.54, 1.807) is 7.05 Å². The van der Waals surface area contributed by atoms with Crippen molar-refractivity contribution >= 4 is 5.69 Å². The van der Waals surface area contributed by atoms with Crippen LogP contribution in [0.5, 0.6) is 5.75 Å². The van der Waals surface area contributed by atoms with Crippen molar-refractivity contribution in [1.29, 1.82) is 0 Å². The Morgan fingerprint density at radius 2 is 2.08 bits per heavy atom. The van der Waals surface area contributed by atoms with Crippen LogP contribution in [-0.4, -0.2) is 13.6 Å². The molecule has 0 aromatic heterocycles. The van der Waals surface area contributed by atoms with Gasteiger partial charge in [-0.3, -0.25) is 0 Å². The molecule has 0 bridgehead atoms. The normalized spacial score (nSPS) is 9.50. The fourth-order valence-corrected chi connectivity index (χ4v) is 1.00. The molecule has 0 aliphatic rings. The predicted molar refractivity (Wildman–Crippen MR) is 50.3 cm³/mol. The molecule has 3 heteroatoms. The minimum Gasteiger partial charge on any atom is -0.407 e. The van der Waals surface area contributed by atoms with Crippen molar-refractivity contribution in [2.75, 3.05) is 18.9 Å². The molecule has 0 saturated heterocycles. The maximum absolute atomic E-state index is 5.18. The van der Waals surface area contributed by atoms with Gasteiger partial charge in [0.1, 0.15) is 0 Å². The SMILES string of the molecule is CCNc1ccccc1ONC. The maximum atomic E-state index is 5.18. The second-order valence-electron chi connectivity index (χ2n) is 2.33. The summed E-state index contributed by atoms with van der Waals surface area (Å²) in [4.78, 5) is 5.18. The number of nitrogens with one attached hydrogen (secondary N) is 2. The monoisotopic (exact) mass is 166 g/mol. The molecular weight excluding hydrogens is 152 g/mol. The number of para-hydroxylation sites is 2. The van der Waals surface area contributed by atoms with Gasteiger partial charge < -0.3 is 10.2 Å². The average Bonchev–Trinajstić information content (AvgIpc) is 2.09. The standard InChI is InChI=1S/C9H14N2O/c1-3-11-8-6-4-5-7-9(8)12-10-2/h4-7,10-11H,3H2,1-2H3. The van der Waals surface area contributed by atoms with Gasteiger partial charge in [0.05, 0.1) is 5.69 Å². The average molecular weight is 166 g/mol. The van der Waals surface area contributed by atoms with Crippen LogP contribution < -0.4 is 15.6 Å². The highest BCUT2D eigenvalue weighted by Gasteiger charge is 1.98. The molecular formula is C9H14N2O. The summed E-state index contributed by atoms with van der Waals surface area (Å²) in [6.07, 6.45) is 0. The van der Waals surface area contributed by atoms with E-state index in [4.69, 9.17) is 4.84 Å². The summed E-state index contributed by atoms with van der Waals surface area (Å²) in [6, 6.07) is 7.80. The number of rotatable bonds is 4. The Hall–Kier alpha value is -1.22. The maximum Gasteiger partial charge on any atom is 0.170 e. The lowest BCUT2D eigenvalue weighted by Crippen LogP contribution is -2.12. The summed E-state index contributed by atoms with van der Waals surface area (Å²) in [6.45, 7) is 2.94. The largest absolute Gasteiger partial charge is 0.407 e. The van der Waals surface area contributed by atoms with Crippen LogP contribution in [0.2, 0.25) is 0 Å². The molecule has 1 rings (SSSR count). The van der Waals surface area contributed by atoms with E-state index >= 15 is 0 Å². The highest BCUT2D eigenvalue weighted by Crippen LogP contribution is 2.22.